The molecule has 0 spiro atoms. The van der Waals surface area contributed by atoms with Crippen LogP contribution in [0.25, 0.3) is 0 Å². The highest BCUT2D eigenvalue weighted by atomic mass is 32.1. The molecule has 0 radical (unpaired) electrons. The van der Waals surface area contributed by atoms with Crippen molar-refractivity contribution in [3.05, 3.63) is 16.1 Å². The molecule has 1 aromatic rings. The minimum atomic E-state index is 0.407. The second-order valence-corrected chi connectivity index (χ2v) is 6.91. The molecule has 4 heteroatoms. The van der Waals surface area contributed by atoms with Gasteiger partial charge in [0.2, 0.25) is 0 Å². The van der Waals surface area contributed by atoms with E-state index in [9.17, 15) is 0 Å². The van der Waals surface area contributed by atoms with E-state index in [2.05, 4.69) is 36.4 Å². The van der Waals surface area contributed by atoms with Crippen LogP contribution in [0.15, 0.2) is 6.20 Å². The van der Waals surface area contributed by atoms with Crippen LogP contribution in [0.4, 0.5) is 0 Å². The summed E-state index contributed by atoms with van der Waals surface area (Å²) in [6, 6.07) is 0.581. The summed E-state index contributed by atoms with van der Waals surface area (Å²) in [5, 5.41) is 8.34. The molecule has 1 fully saturated rings. The van der Waals surface area contributed by atoms with E-state index < -0.39 is 0 Å². The molecule has 0 bridgehead atoms. The summed E-state index contributed by atoms with van der Waals surface area (Å²) in [7, 11) is 0. The average Bonchev–Trinajstić information content (AvgIpc) is 2.67. The lowest BCUT2D eigenvalue weighted by molar-refractivity contribution is 0.176. The molecule has 2 rings (SSSR count). The molecule has 1 aliphatic rings. The second-order valence-electron chi connectivity index (χ2n) is 5.59. The van der Waals surface area contributed by atoms with Gasteiger partial charge in [-0.3, -0.25) is 0 Å². The summed E-state index contributed by atoms with van der Waals surface area (Å²) in [6.45, 7) is 9.91. The largest absolute Gasteiger partial charge is 0.312 e. The number of aryl methyl sites for hydroxylation is 1. The summed E-state index contributed by atoms with van der Waals surface area (Å²) in [4.78, 5) is 5.66. The van der Waals surface area contributed by atoms with Crippen LogP contribution in [-0.2, 0) is 6.54 Å². The zero-order chi connectivity index (χ0) is 12.3. The normalized spacial score (nSPS) is 23.8. The van der Waals surface area contributed by atoms with Gasteiger partial charge in [0.15, 0.2) is 0 Å². The fraction of sp³-hybridized carbons (Fsp3) is 0.769. The minimum absolute atomic E-state index is 0.407. The highest BCUT2D eigenvalue weighted by molar-refractivity contribution is 7.11. The van der Waals surface area contributed by atoms with E-state index in [1.165, 1.54) is 22.7 Å². The Hall–Kier alpha value is -0.450. The first-order valence-electron chi connectivity index (χ1n) is 6.43. The van der Waals surface area contributed by atoms with Crippen LogP contribution in [0.2, 0.25) is 0 Å². The van der Waals surface area contributed by atoms with Crippen LogP contribution in [0, 0.1) is 12.3 Å². The number of hydrogen-bond donors (Lipinski definition) is 2. The van der Waals surface area contributed by atoms with Gasteiger partial charge in [0.1, 0.15) is 5.01 Å². The number of hydrogen-bond acceptors (Lipinski definition) is 4. The summed E-state index contributed by atoms with van der Waals surface area (Å²) in [6.07, 6.45) is 4.57. The van der Waals surface area contributed by atoms with Crippen LogP contribution in [-0.4, -0.2) is 24.1 Å². The summed E-state index contributed by atoms with van der Waals surface area (Å²) in [5.41, 5.74) is 0.407. The molecule has 0 saturated carbocycles. The monoisotopic (exact) mass is 253 g/mol. The van der Waals surface area contributed by atoms with Crippen LogP contribution in [0.5, 0.6) is 0 Å². The second kappa shape index (κ2) is 5.46. The average molecular weight is 253 g/mol. The van der Waals surface area contributed by atoms with E-state index in [1.807, 2.05) is 6.20 Å². The Balaban J connectivity index is 1.77. The Morgan fingerprint density at radius 2 is 2.41 bits per heavy atom. The van der Waals surface area contributed by atoms with Crippen LogP contribution in [0.3, 0.4) is 0 Å². The topological polar surface area (TPSA) is 37.0 Å². The molecule has 1 atom stereocenters. The Bertz CT molecular complexity index is 359. The number of thiazole rings is 1. The number of aromatic nitrogens is 1. The van der Waals surface area contributed by atoms with Gasteiger partial charge in [-0.25, -0.2) is 4.98 Å². The van der Waals surface area contributed by atoms with Gasteiger partial charge in [0.25, 0.3) is 0 Å². The van der Waals surface area contributed by atoms with Crippen molar-refractivity contribution in [1.29, 1.82) is 0 Å². The predicted molar refractivity (Wildman–Crippen MR) is 73.4 cm³/mol. The molecular weight excluding hydrogens is 230 g/mol. The van der Waals surface area contributed by atoms with Gasteiger partial charge < -0.3 is 10.6 Å². The summed E-state index contributed by atoms with van der Waals surface area (Å²) < 4.78 is 0. The van der Waals surface area contributed by atoms with E-state index in [-0.39, 0.29) is 0 Å². The first-order chi connectivity index (χ1) is 8.08. The number of piperidine rings is 1. The molecule has 0 aromatic carbocycles. The van der Waals surface area contributed by atoms with Crippen molar-refractivity contribution < 1.29 is 0 Å². The Kier molecular flexibility index (Phi) is 4.17. The van der Waals surface area contributed by atoms with E-state index in [0.717, 1.165) is 19.6 Å². The molecule has 1 aromatic heterocycles. The molecule has 3 nitrogen and oxygen atoms in total. The van der Waals surface area contributed by atoms with Gasteiger partial charge in [0.05, 0.1) is 0 Å². The molecule has 0 aliphatic carbocycles. The van der Waals surface area contributed by atoms with Gasteiger partial charge in [-0.2, -0.15) is 0 Å². The molecule has 1 aliphatic heterocycles. The highest BCUT2D eigenvalue weighted by Gasteiger charge is 2.31. The molecule has 0 amide bonds. The number of nitrogens with zero attached hydrogens (tertiary/aromatic N) is 1. The smallest absolute Gasteiger partial charge is 0.107 e. The standard InChI is InChI=1S/C13H23N3S/c1-10-7-16-12(17-10)9-14-8-11-13(2,3)5-4-6-15-11/h7,11,14-15H,4-6,8-9H2,1-3H3. The number of nitrogens with one attached hydrogen (secondary N) is 2. The quantitative estimate of drug-likeness (QED) is 0.864. The third-order valence-corrected chi connectivity index (χ3v) is 4.54. The maximum Gasteiger partial charge on any atom is 0.107 e. The highest BCUT2D eigenvalue weighted by Crippen LogP contribution is 2.29. The van der Waals surface area contributed by atoms with Crippen molar-refractivity contribution in [2.45, 2.75) is 46.2 Å². The van der Waals surface area contributed by atoms with Gasteiger partial charge in [-0.1, -0.05) is 13.8 Å². The lowest BCUT2D eigenvalue weighted by Crippen LogP contribution is -2.51. The van der Waals surface area contributed by atoms with E-state index in [1.54, 1.807) is 11.3 Å². The van der Waals surface area contributed by atoms with Gasteiger partial charge in [0, 0.05) is 30.2 Å². The van der Waals surface area contributed by atoms with Gasteiger partial charge in [-0.05, 0) is 31.7 Å². The number of rotatable bonds is 4. The Morgan fingerprint density at radius 3 is 3.06 bits per heavy atom. The first kappa shape index (κ1) is 13.0. The lowest BCUT2D eigenvalue weighted by Gasteiger charge is -2.39. The predicted octanol–water partition coefficient (Wildman–Crippen LogP) is 2.32. The molecule has 2 N–H and O–H groups in total. The summed E-state index contributed by atoms with van der Waals surface area (Å²) >= 11 is 1.78. The maximum atomic E-state index is 4.37. The molecule has 1 saturated heterocycles. The van der Waals surface area contributed by atoms with Crippen molar-refractivity contribution in [2.75, 3.05) is 13.1 Å². The maximum absolute atomic E-state index is 4.37. The minimum Gasteiger partial charge on any atom is -0.312 e. The first-order valence-corrected chi connectivity index (χ1v) is 7.25. The fourth-order valence-electron chi connectivity index (χ4n) is 2.43. The van der Waals surface area contributed by atoms with Crippen molar-refractivity contribution in [3.8, 4) is 0 Å². The fourth-order valence-corrected chi connectivity index (χ4v) is 3.18. The van der Waals surface area contributed by atoms with Crippen molar-refractivity contribution in [1.82, 2.24) is 15.6 Å². The van der Waals surface area contributed by atoms with Crippen molar-refractivity contribution >= 4 is 11.3 Å². The Labute approximate surface area is 108 Å². The van der Waals surface area contributed by atoms with E-state index in [4.69, 9.17) is 0 Å². The van der Waals surface area contributed by atoms with Crippen molar-refractivity contribution in [3.63, 3.8) is 0 Å². The summed E-state index contributed by atoms with van der Waals surface area (Å²) in [5.74, 6) is 0. The van der Waals surface area contributed by atoms with Crippen molar-refractivity contribution in [2.24, 2.45) is 5.41 Å². The van der Waals surface area contributed by atoms with E-state index >= 15 is 0 Å². The molecule has 17 heavy (non-hydrogen) atoms. The molecule has 2 heterocycles. The Morgan fingerprint density at radius 1 is 1.59 bits per heavy atom. The third-order valence-electron chi connectivity index (χ3n) is 3.63. The molecule has 1 unspecified atom stereocenters. The van der Waals surface area contributed by atoms with Crippen LogP contribution in [0.1, 0.15) is 36.6 Å². The zero-order valence-corrected chi connectivity index (χ0v) is 11.9. The van der Waals surface area contributed by atoms with Crippen LogP contribution < -0.4 is 10.6 Å². The zero-order valence-electron chi connectivity index (χ0n) is 11.0. The SMILES string of the molecule is Cc1cnc(CNCC2NCCCC2(C)C)s1. The molecular formula is C13H23N3S. The third kappa shape index (κ3) is 3.50. The van der Waals surface area contributed by atoms with Gasteiger partial charge >= 0.3 is 0 Å². The molecule has 96 valence electrons. The van der Waals surface area contributed by atoms with E-state index in [0.29, 0.717) is 11.5 Å². The lowest BCUT2D eigenvalue weighted by atomic mass is 9.77. The van der Waals surface area contributed by atoms with Crippen LogP contribution >= 0.6 is 11.3 Å². The van der Waals surface area contributed by atoms with Gasteiger partial charge in [-0.15, -0.1) is 11.3 Å².